The topological polar surface area (TPSA) is 84.9 Å². The fourth-order valence-electron chi connectivity index (χ4n) is 4.02. The molecule has 4 aromatic rings. The molecule has 0 radical (unpaired) electrons. The molecule has 6 nitrogen and oxygen atoms in total. The van der Waals surface area contributed by atoms with Gasteiger partial charge in [-0.2, -0.15) is 0 Å². The molecule has 8 heteroatoms. The van der Waals surface area contributed by atoms with Crippen molar-refractivity contribution in [3.8, 4) is 17.2 Å². The van der Waals surface area contributed by atoms with E-state index in [1.807, 2.05) is 6.92 Å². The Morgan fingerprint density at radius 1 is 0.556 bits per heavy atom. The second kappa shape index (κ2) is 17.3. The molecule has 0 saturated carbocycles. The highest BCUT2D eigenvalue weighted by Crippen LogP contribution is 2.34. The normalized spacial score (nSPS) is 13.9. The van der Waals surface area contributed by atoms with Crippen molar-refractivity contribution < 1.29 is 27.2 Å². The van der Waals surface area contributed by atoms with Gasteiger partial charge in [-0.3, -0.25) is 0 Å². The van der Waals surface area contributed by atoms with E-state index in [9.17, 15) is 13.0 Å². The molecule has 0 spiro atoms. The van der Waals surface area contributed by atoms with Gasteiger partial charge in [-0.05, 0) is 132 Å². The van der Waals surface area contributed by atoms with Crippen LogP contribution in [0.15, 0.2) is 117 Å². The number of hydrogen-bond acceptors (Lipinski definition) is 6. The summed E-state index contributed by atoms with van der Waals surface area (Å²) in [7, 11) is -4.52. The molecule has 0 fully saturated rings. The van der Waals surface area contributed by atoms with E-state index in [1.165, 1.54) is 26.8 Å². The summed E-state index contributed by atoms with van der Waals surface area (Å²) < 4.78 is 49.2. The van der Waals surface area contributed by atoms with Crippen molar-refractivity contribution >= 4 is 21.0 Å². The molecule has 0 aliphatic rings. The third-order valence-corrected chi connectivity index (χ3v) is 10.3. The van der Waals surface area contributed by atoms with E-state index in [2.05, 4.69) is 114 Å². The summed E-state index contributed by atoms with van der Waals surface area (Å²) in [5, 5.41) is 0. The van der Waals surface area contributed by atoms with Crippen LogP contribution in [0.1, 0.15) is 66.4 Å². The Hall–Kier alpha value is -3.46. The first kappa shape index (κ1) is 36.0. The van der Waals surface area contributed by atoms with E-state index in [1.54, 1.807) is 12.1 Å². The Morgan fingerprint density at radius 2 is 0.844 bits per heavy atom. The Balaban J connectivity index is 0.000000423. The minimum atomic E-state index is -4.27. The second-order valence-corrected chi connectivity index (χ2v) is 14.4. The maximum absolute atomic E-state index is 10.4. The molecule has 3 unspecified atom stereocenters. The predicted octanol–water partition coefficient (Wildman–Crippen LogP) is 9.21. The van der Waals surface area contributed by atoms with Gasteiger partial charge in [-0.25, -0.2) is 8.42 Å². The first-order valence-corrected chi connectivity index (χ1v) is 18.1. The van der Waals surface area contributed by atoms with Crippen LogP contribution in [0.2, 0.25) is 0 Å². The average molecular weight is 651 g/mol. The van der Waals surface area contributed by atoms with Crippen molar-refractivity contribution in [1.82, 2.24) is 0 Å². The summed E-state index contributed by atoms with van der Waals surface area (Å²) in [5.74, 6) is 2.74. The quantitative estimate of drug-likeness (QED) is 0.106. The predicted molar refractivity (Wildman–Crippen MR) is 182 cm³/mol. The van der Waals surface area contributed by atoms with Gasteiger partial charge in [0, 0.05) is 0 Å². The minimum Gasteiger partial charge on any atom is -0.744 e. The Morgan fingerprint density at radius 3 is 1.09 bits per heavy atom. The van der Waals surface area contributed by atoms with Crippen LogP contribution in [0.3, 0.4) is 0 Å². The van der Waals surface area contributed by atoms with Crippen molar-refractivity contribution in [2.45, 2.75) is 106 Å². The van der Waals surface area contributed by atoms with Crippen LogP contribution in [0, 0.1) is 6.92 Å². The molecule has 0 amide bonds. The van der Waals surface area contributed by atoms with Crippen molar-refractivity contribution in [2.75, 3.05) is 0 Å². The van der Waals surface area contributed by atoms with E-state index in [0.717, 1.165) is 42.1 Å². The van der Waals surface area contributed by atoms with Crippen LogP contribution >= 0.6 is 0 Å². The van der Waals surface area contributed by atoms with E-state index in [-0.39, 0.29) is 34.1 Å². The Kier molecular flexibility index (Phi) is 13.8. The van der Waals surface area contributed by atoms with E-state index >= 15 is 0 Å². The molecular formula is C37H46O6S2. The smallest absolute Gasteiger partial charge is 0.166 e. The van der Waals surface area contributed by atoms with Gasteiger partial charge >= 0.3 is 0 Å². The van der Waals surface area contributed by atoms with Gasteiger partial charge in [0.05, 0.1) is 34.1 Å². The molecule has 0 N–H and O–H groups in total. The fraction of sp³-hybridized carbons (Fsp3) is 0.351. The third-order valence-electron chi connectivity index (χ3n) is 7.22. The maximum Gasteiger partial charge on any atom is 0.166 e. The molecule has 4 rings (SSSR count). The summed E-state index contributed by atoms with van der Waals surface area (Å²) in [6, 6.07) is 31.4. The lowest BCUT2D eigenvalue weighted by molar-refractivity contribution is 0.217. The molecule has 0 aromatic heterocycles. The fourth-order valence-corrected chi connectivity index (χ4v) is 6.53. The van der Waals surface area contributed by atoms with Gasteiger partial charge in [-0.15, -0.1) is 0 Å². The highest BCUT2D eigenvalue weighted by Gasteiger charge is 2.29. The number of rotatable bonds is 13. The largest absolute Gasteiger partial charge is 0.744 e. The highest BCUT2D eigenvalue weighted by atomic mass is 32.2. The van der Waals surface area contributed by atoms with Crippen molar-refractivity contribution in [1.29, 1.82) is 0 Å². The average Bonchev–Trinajstić information content (AvgIpc) is 3.03. The van der Waals surface area contributed by atoms with Crippen molar-refractivity contribution in [3.63, 3.8) is 0 Å². The molecule has 4 aromatic carbocycles. The lowest BCUT2D eigenvalue weighted by atomic mass is 10.2. The molecule has 0 aliphatic heterocycles. The monoisotopic (exact) mass is 650 g/mol. The van der Waals surface area contributed by atoms with Gasteiger partial charge in [-0.1, -0.05) is 38.5 Å². The SMILES string of the molecule is CCC(C)Oc1ccc([S+](c2ccc(OC(C)CC)cc2)c2ccc(OC(C)CC)cc2)cc1.Cc1ccc(S(=O)(=O)[O-])cc1. The Bertz CT molecular complexity index is 1400. The zero-order valence-corrected chi connectivity index (χ0v) is 29.0. The first-order chi connectivity index (χ1) is 21.4. The zero-order chi connectivity index (χ0) is 33.0. The van der Waals surface area contributed by atoms with Crippen LogP contribution in [0.5, 0.6) is 17.2 Å². The standard InChI is InChI=1S/C30H39O3S.C7H8O3S/c1-7-22(4)31-25-10-16-28(17-11-25)34(29-18-12-26(13-19-29)32-23(5)8-2)30-20-14-27(15-21-30)33-24(6)9-3;1-6-2-4-7(5-3-6)11(8,9)10/h10-24H,7-9H2,1-6H3;2-5H,1H3,(H,8,9,10)/q+1;/p-1. The van der Waals surface area contributed by atoms with Crippen LogP contribution in [0.4, 0.5) is 0 Å². The van der Waals surface area contributed by atoms with E-state index in [0.29, 0.717) is 0 Å². The molecule has 0 heterocycles. The molecule has 0 saturated heterocycles. The number of hydrogen-bond donors (Lipinski definition) is 0. The van der Waals surface area contributed by atoms with Crippen LogP contribution in [-0.4, -0.2) is 31.3 Å². The molecule has 3 atom stereocenters. The third kappa shape index (κ3) is 11.4. The highest BCUT2D eigenvalue weighted by molar-refractivity contribution is 7.97. The van der Waals surface area contributed by atoms with E-state index in [4.69, 9.17) is 14.2 Å². The van der Waals surface area contributed by atoms with Gasteiger partial charge < -0.3 is 18.8 Å². The van der Waals surface area contributed by atoms with Gasteiger partial charge in [0.1, 0.15) is 27.4 Å². The summed E-state index contributed by atoms with van der Waals surface area (Å²) >= 11 is 0. The molecule has 0 bridgehead atoms. The molecule has 0 aliphatic carbocycles. The van der Waals surface area contributed by atoms with Crippen LogP contribution in [-0.2, 0) is 21.0 Å². The Labute approximate surface area is 272 Å². The van der Waals surface area contributed by atoms with Crippen LogP contribution in [0.25, 0.3) is 0 Å². The van der Waals surface area contributed by atoms with E-state index < -0.39 is 10.1 Å². The van der Waals surface area contributed by atoms with Gasteiger partial charge in [0.25, 0.3) is 0 Å². The summed E-state index contributed by atoms with van der Waals surface area (Å²) in [6.07, 6.45) is 3.59. The van der Waals surface area contributed by atoms with Gasteiger partial charge in [0.15, 0.2) is 14.7 Å². The summed E-state index contributed by atoms with van der Waals surface area (Å²) in [5.41, 5.74) is 0.928. The maximum atomic E-state index is 10.4. The minimum absolute atomic E-state index is 0.178. The van der Waals surface area contributed by atoms with Crippen LogP contribution < -0.4 is 14.2 Å². The second-order valence-electron chi connectivity index (χ2n) is 11.0. The molecular weight excluding hydrogens is 605 g/mol. The molecule has 242 valence electrons. The van der Waals surface area contributed by atoms with Crippen molar-refractivity contribution in [3.05, 3.63) is 103 Å². The number of aryl methyl sites for hydroxylation is 1. The lowest BCUT2D eigenvalue weighted by Crippen LogP contribution is -2.11. The first-order valence-electron chi connectivity index (χ1n) is 15.5. The lowest BCUT2D eigenvalue weighted by Gasteiger charge is -2.15. The number of ether oxygens (including phenoxy) is 3. The number of benzene rings is 4. The zero-order valence-electron chi connectivity index (χ0n) is 27.4. The van der Waals surface area contributed by atoms with Gasteiger partial charge in [0.2, 0.25) is 0 Å². The summed E-state index contributed by atoms with van der Waals surface area (Å²) in [6.45, 7) is 14.5. The van der Waals surface area contributed by atoms with Crippen molar-refractivity contribution in [2.24, 2.45) is 0 Å². The molecule has 45 heavy (non-hydrogen) atoms. The summed E-state index contributed by atoms with van der Waals surface area (Å²) in [4.78, 5) is 3.58.